The van der Waals surface area contributed by atoms with Crippen LogP contribution in [0.5, 0.6) is 0 Å². The fraction of sp³-hybridized carbons (Fsp3) is 0.333. The molecule has 1 atom stereocenters. The number of hydrogen-bond acceptors (Lipinski definition) is 2. The summed E-state index contributed by atoms with van der Waals surface area (Å²) in [6, 6.07) is 8.65. The monoisotopic (exact) mass is 228 g/mol. The summed E-state index contributed by atoms with van der Waals surface area (Å²) in [4.78, 5) is 4.56. The lowest BCUT2D eigenvalue weighted by Crippen LogP contribution is -2.43. The SMILES string of the molecule is CC1=CC=CC(N(C)c2ccc(C)cc2)N1C. The lowest BCUT2D eigenvalue weighted by molar-refractivity contribution is 0.345. The number of rotatable bonds is 2. The summed E-state index contributed by atoms with van der Waals surface area (Å²) in [6.45, 7) is 4.25. The first kappa shape index (κ1) is 11.8. The molecular weight excluding hydrogens is 208 g/mol. The summed E-state index contributed by atoms with van der Waals surface area (Å²) >= 11 is 0. The smallest absolute Gasteiger partial charge is 0.120 e. The number of nitrogens with zero attached hydrogens (tertiary/aromatic N) is 2. The van der Waals surface area contributed by atoms with Gasteiger partial charge in [0.2, 0.25) is 0 Å². The lowest BCUT2D eigenvalue weighted by atomic mass is 10.2. The molecule has 90 valence electrons. The topological polar surface area (TPSA) is 6.48 Å². The van der Waals surface area contributed by atoms with E-state index in [4.69, 9.17) is 0 Å². The van der Waals surface area contributed by atoms with E-state index in [0.29, 0.717) is 6.17 Å². The molecule has 2 nitrogen and oxygen atoms in total. The van der Waals surface area contributed by atoms with Crippen molar-refractivity contribution in [1.29, 1.82) is 0 Å². The van der Waals surface area contributed by atoms with Gasteiger partial charge in [0.25, 0.3) is 0 Å². The quantitative estimate of drug-likeness (QED) is 0.767. The highest BCUT2D eigenvalue weighted by molar-refractivity contribution is 5.49. The first-order valence-electron chi connectivity index (χ1n) is 5.97. The van der Waals surface area contributed by atoms with Crippen LogP contribution in [0, 0.1) is 6.92 Å². The van der Waals surface area contributed by atoms with Crippen molar-refractivity contribution in [2.45, 2.75) is 20.0 Å². The van der Waals surface area contributed by atoms with Gasteiger partial charge < -0.3 is 9.80 Å². The largest absolute Gasteiger partial charge is 0.355 e. The normalized spacial score (nSPS) is 19.2. The van der Waals surface area contributed by atoms with Gasteiger partial charge in [-0.3, -0.25) is 0 Å². The van der Waals surface area contributed by atoms with E-state index in [2.05, 4.69) is 80.2 Å². The van der Waals surface area contributed by atoms with Crippen LogP contribution in [-0.4, -0.2) is 25.2 Å². The second kappa shape index (κ2) is 4.66. The van der Waals surface area contributed by atoms with E-state index in [-0.39, 0.29) is 0 Å². The molecule has 0 radical (unpaired) electrons. The van der Waals surface area contributed by atoms with Gasteiger partial charge in [0.1, 0.15) is 6.17 Å². The van der Waals surface area contributed by atoms with Crippen LogP contribution in [0.15, 0.2) is 48.2 Å². The molecule has 1 aromatic rings. The molecule has 0 N–H and O–H groups in total. The van der Waals surface area contributed by atoms with E-state index in [1.807, 2.05) is 0 Å². The summed E-state index contributed by atoms with van der Waals surface area (Å²) in [6.07, 6.45) is 6.78. The Kier molecular flexibility index (Phi) is 3.23. The maximum atomic E-state index is 2.28. The van der Waals surface area contributed by atoms with Gasteiger partial charge >= 0.3 is 0 Å². The number of anilines is 1. The van der Waals surface area contributed by atoms with Crippen molar-refractivity contribution in [3.8, 4) is 0 Å². The number of hydrogen-bond donors (Lipinski definition) is 0. The van der Waals surface area contributed by atoms with E-state index in [0.717, 1.165) is 0 Å². The van der Waals surface area contributed by atoms with E-state index < -0.39 is 0 Å². The molecule has 0 aromatic heterocycles. The highest BCUT2D eigenvalue weighted by Crippen LogP contribution is 2.22. The predicted molar refractivity (Wildman–Crippen MR) is 74.0 cm³/mol. The van der Waals surface area contributed by atoms with Crippen molar-refractivity contribution in [2.75, 3.05) is 19.0 Å². The fourth-order valence-electron chi connectivity index (χ4n) is 2.07. The maximum Gasteiger partial charge on any atom is 0.120 e. The van der Waals surface area contributed by atoms with E-state index in [9.17, 15) is 0 Å². The first-order valence-corrected chi connectivity index (χ1v) is 5.97. The van der Waals surface area contributed by atoms with Crippen LogP contribution in [0.1, 0.15) is 12.5 Å². The molecule has 0 fully saturated rings. The average molecular weight is 228 g/mol. The van der Waals surface area contributed by atoms with Crippen LogP contribution in [-0.2, 0) is 0 Å². The van der Waals surface area contributed by atoms with Crippen molar-refractivity contribution in [2.24, 2.45) is 0 Å². The van der Waals surface area contributed by atoms with E-state index >= 15 is 0 Å². The van der Waals surface area contributed by atoms with Crippen LogP contribution in [0.4, 0.5) is 5.69 Å². The van der Waals surface area contributed by atoms with Crippen molar-refractivity contribution < 1.29 is 0 Å². The zero-order valence-corrected chi connectivity index (χ0v) is 11.0. The van der Waals surface area contributed by atoms with Crippen LogP contribution >= 0.6 is 0 Å². The molecule has 1 aliphatic heterocycles. The van der Waals surface area contributed by atoms with Gasteiger partial charge in [-0.05, 0) is 38.1 Å². The molecular formula is C15H20N2. The zero-order chi connectivity index (χ0) is 12.4. The molecule has 0 saturated heterocycles. The van der Waals surface area contributed by atoms with Gasteiger partial charge in [-0.25, -0.2) is 0 Å². The molecule has 1 unspecified atom stereocenters. The minimum absolute atomic E-state index is 0.294. The lowest BCUT2D eigenvalue weighted by Gasteiger charge is -2.38. The maximum absolute atomic E-state index is 2.28. The third-order valence-electron chi connectivity index (χ3n) is 3.41. The van der Waals surface area contributed by atoms with Gasteiger partial charge in [-0.1, -0.05) is 23.8 Å². The van der Waals surface area contributed by atoms with Crippen molar-refractivity contribution >= 4 is 5.69 Å². The molecule has 2 rings (SSSR count). The van der Waals surface area contributed by atoms with Gasteiger partial charge in [-0.15, -0.1) is 0 Å². The minimum atomic E-state index is 0.294. The van der Waals surface area contributed by atoms with E-state index in [1.54, 1.807) is 0 Å². The van der Waals surface area contributed by atoms with Crippen LogP contribution in [0.2, 0.25) is 0 Å². The minimum Gasteiger partial charge on any atom is -0.355 e. The second-order valence-corrected chi connectivity index (χ2v) is 4.66. The summed E-state index contributed by atoms with van der Waals surface area (Å²) in [7, 11) is 4.26. The Morgan fingerprint density at radius 2 is 1.76 bits per heavy atom. The van der Waals surface area contributed by atoms with Crippen LogP contribution in [0.25, 0.3) is 0 Å². The molecule has 0 bridgehead atoms. The van der Waals surface area contributed by atoms with Crippen molar-refractivity contribution in [3.63, 3.8) is 0 Å². The molecule has 2 heteroatoms. The van der Waals surface area contributed by atoms with Crippen LogP contribution in [0.3, 0.4) is 0 Å². The third-order valence-corrected chi connectivity index (χ3v) is 3.41. The molecule has 1 heterocycles. The average Bonchev–Trinajstić information content (AvgIpc) is 2.33. The number of allylic oxidation sites excluding steroid dienone is 3. The highest BCUT2D eigenvalue weighted by Gasteiger charge is 2.19. The number of aryl methyl sites for hydroxylation is 1. The summed E-state index contributed by atoms with van der Waals surface area (Å²) in [5.41, 5.74) is 3.83. The zero-order valence-electron chi connectivity index (χ0n) is 11.0. The summed E-state index contributed by atoms with van der Waals surface area (Å²) < 4.78 is 0. The van der Waals surface area contributed by atoms with Crippen molar-refractivity contribution in [1.82, 2.24) is 4.90 Å². The van der Waals surface area contributed by atoms with Gasteiger partial charge in [0.05, 0.1) is 0 Å². The second-order valence-electron chi connectivity index (χ2n) is 4.66. The Labute approximate surface area is 104 Å². The summed E-state index contributed by atoms with van der Waals surface area (Å²) in [5.74, 6) is 0. The molecule has 1 aromatic carbocycles. The highest BCUT2D eigenvalue weighted by atomic mass is 15.3. The Hall–Kier alpha value is -1.70. The Morgan fingerprint density at radius 3 is 2.41 bits per heavy atom. The van der Waals surface area contributed by atoms with Gasteiger partial charge in [0, 0.05) is 25.5 Å². The fourth-order valence-corrected chi connectivity index (χ4v) is 2.07. The number of benzene rings is 1. The van der Waals surface area contributed by atoms with Gasteiger partial charge in [0.15, 0.2) is 0 Å². The molecule has 0 spiro atoms. The van der Waals surface area contributed by atoms with E-state index in [1.165, 1.54) is 16.9 Å². The number of likely N-dealkylation sites (N-methyl/N-ethyl adjacent to an activating group) is 2. The molecule has 0 saturated carbocycles. The molecule has 1 aliphatic rings. The Balaban J connectivity index is 2.21. The van der Waals surface area contributed by atoms with Crippen LogP contribution < -0.4 is 4.90 Å². The standard InChI is InChI=1S/C15H20N2/c1-12-8-10-14(11-9-12)17(4)15-7-5-6-13(2)16(15)3/h5-11,15H,1-4H3. The third kappa shape index (κ3) is 2.36. The van der Waals surface area contributed by atoms with Crippen molar-refractivity contribution in [3.05, 3.63) is 53.8 Å². The Bertz CT molecular complexity index is 442. The molecule has 0 amide bonds. The predicted octanol–water partition coefficient (Wildman–Crippen LogP) is 3.16. The molecule has 17 heavy (non-hydrogen) atoms. The molecule has 0 aliphatic carbocycles. The summed E-state index contributed by atoms with van der Waals surface area (Å²) in [5, 5.41) is 0. The van der Waals surface area contributed by atoms with Gasteiger partial charge in [-0.2, -0.15) is 0 Å². The Morgan fingerprint density at radius 1 is 1.12 bits per heavy atom. The first-order chi connectivity index (χ1) is 8.09.